The monoisotopic (exact) mass is 262 g/mol. The Labute approximate surface area is 110 Å². The zero-order valence-electron chi connectivity index (χ0n) is 10.7. The van der Waals surface area contributed by atoms with E-state index in [9.17, 15) is 10.1 Å². The van der Waals surface area contributed by atoms with Crippen molar-refractivity contribution in [2.24, 2.45) is 0 Å². The largest absolute Gasteiger partial charge is 0.491 e. The van der Waals surface area contributed by atoms with E-state index in [-0.39, 0.29) is 11.8 Å². The van der Waals surface area contributed by atoms with Gasteiger partial charge in [0, 0.05) is 17.7 Å². The number of rotatable bonds is 5. The first-order chi connectivity index (χ1) is 9.06. The molecule has 0 aliphatic heterocycles. The molecular formula is C12H14N4O3. The molecule has 1 heterocycles. The molecule has 2 aromatic rings. The predicted octanol–water partition coefficient (Wildman–Crippen LogP) is 2.02. The van der Waals surface area contributed by atoms with Crippen molar-refractivity contribution in [3.05, 3.63) is 46.5 Å². The molecule has 0 aliphatic rings. The topological polar surface area (TPSA) is 83.1 Å². The van der Waals surface area contributed by atoms with E-state index in [4.69, 9.17) is 4.74 Å². The summed E-state index contributed by atoms with van der Waals surface area (Å²) in [6.45, 7) is 4.19. The Balaban J connectivity index is 2.34. The molecule has 0 spiro atoms. The molecule has 0 atom stereocenters. The van der Waals surface area contributed by atoms with E-state index in [1.165, 1.54) is 18.5 Å². The number of benzene rings is 1. The second kappa shape index (κ2) is 5.47. The summed E-state index contributed by atoms with van der Waals surface area (Å²) in [6, 6.07) is 4.55. The molecule has 2 rings (SSSR count). The van der Waals surface area contributed by atoms with Gasteiger partial charge in [-0.3, -0.25) is 10.1 Å². The average molecular weight is 262 g/mol. The summed E-state index contributed by atoms with van der Waals surface area (Å²) in [7, 11) is 0. The zero-order chi connectivity index (χ0) is 13.8. The van der Waals surface area contributed by atoms with Gasteiger partial charge < -0.3 is 4.74 Å². The smallest absolute Gasteiger partial charge is 0.270 e. The number of nitro groups is 1. The van der Waals surface area contributed by atoms with Crippen molar-refractivity contribution >= 4 is 5.69 Å². The molecular weight excluding hydrogens is 248 g/mol. The Morgan fingerprint density at radius 2 is 2.26 bits per heavy atom. The van der Waals surface area contributed by atoms with Crippen LogP contribution in [0.4, 0.5) is 5.69 Å². The molecule has 0 fully saturated rings. The molecule has 100 valence electrons. The first kappa shape index (κ1) is 13.0. The zero-order valence-corrected chi connectivity index (χ0v) is 10.7. The fourth-order valence-corrected chi connectivity index (χ4v) is 1.66. The number of nitro benzene ring substituents is 1. The van der Waals surface area contributed by atoms with Gasteiger partial charge in [-0.25, -0.2) is 9.67 Å². The molecule has 19 heavy (non-hydrogen) atoms. The van der Waals surface area contributed by atoms with Crippen LogP contribution in [0.1, 0.15) is 19.4 Å². The molecule has 0 unspecified atom stereocenters. The number of nitrogens with zero attached hydrogens (tertiary/aromatic N) is 4. The van der Waals surface area contributed by atoms with Crippen molar-refractivity contribution in [3.63, 3.8) is 0 Å². The van der Waals surface area contributed by atoms with Gasteiger partial charge in [0.25, 0.3) is 5.69 Å². The summed E-state index contributed by atoms with van der Waals surface area (Å²) in [4.78, 5) is 14.2. The number of ether oxygens (including phenoxy) is 1. The molecule has 0 saturated heterocycles. The Hall–Kier alpha value is -2.44. The third-order valence-corrected chi connectivity index (χ3v) is 2.42. The van der Waals surface area contributed by atoms with Crippen LogP contribution in [0.15, 0.2) is 30.9 Å². The molecule has 1 aromatic heterocycles. The molecule has 0 saturated carbocycles. The van der Waals surface area contributed by atoms with Gasteiger partial charge in [-0.2, -0.15) is 5.10 Å². The van der Waals surface area contributed by atoms with Gasteiger partial charge in [-0.1, -0.05) is 0 Å². The van der Waals surface area contributed by atoms with Crippen LogP contribution in [0, 0.1) is 10.1 Å². The van der Waals surface area contributed by atoms with Gasteiger partial charge in [0.2, 0.25) is 0 Å². The van der Waals surface area contributed by atoms with E-state index in [1.807, 2.05) is 13.8 Å². The summed E-state index contributed by atoms with van der Waals surface area (Å²) < 4.78 is 7.23. The minimum absolute atomic E-state index is 0.00375. The van der Waals surface area contributed by atoms with Gasteiger partial charge in [0.05, 0.1) is 17.6 Å². The van der Waals surface area contributed by atoms with Crippen molar-refractivity contribution in [2.75, 3.05) is 0 Å². The van der Waals surface area contributed by atoms with E-state index >= 15 is 0 Å². The lowest BCUT2D eigenvalue weighted by Crippen LogP contribution is -2.10. The molecule has 0 radical (unpaired) electrons. The molecule has 7 nitrogen and oxygen atoms in total. The highest BCUT2D eigenvalue weighted by Crippen LogP contribution is 2.25. The Morgan fingerprint density at radius 1 is 1.47 bits per heavy atom. The number of hydrogen-bond acceptors (Lipinski definition) is 5. The van der Waals surface area contributed by atoms with Crippen molar-refractivity contribution < 1.29 is 9.66 Å². The van der Waals surface area contributed by atoms with E-state index in [0.717, 1.165) is 0 Å². The molecule has 0 aliphatic carbocycles. The fraction of sp³-hybridized carbons (Fsp3) is 0.333. The SMILES string of the molecule is CC(C)Oc1ccc([N+](=O)[O-])cc1Cn1cncn1. The standard InChI is InChI=1S/C12H14N4O3/c1-9(2)19-12-4-3-11(16(17)18)5-10(12)6-15-8-13-7-14-15/h3-5,7-9H,6H2,1-2H3. The van der Waals surface area contributed by atoms with Crippen LogP contribution in [0.5, 0.6) is 5.75 Å². The highest BCUT2D eigenvalue weighted by Gasteiger charge is 2.13. The highest BCUT2D eigenvalue weighted by atomic mass is 16.6. The van der Waals surface area contributed by atoms with E-state index in [1.54, 1.807) is 17.1 Å². The van der Waals surface area contributed by atoms with Gasteiger partial charge in [0.1, 0.15) is 18.4 Å². The maximum atomic E-state index is 10.8. The molecule has 0 N–H and O–H groups in total. The summed E-state index contributed by atoms with van der Waals surface area (Å²) in [5.41, 5.74) is 0.736. The molecule has 7 heteroatoms. The minimum Gasteiger partial charge on any atom is -0.491 e. The van der Waals surface area contributed by atoms with Gasteiger partial charge in [-0.15, -0.1) is 0 Å². The van der Waals surface area contributed by atoms with Crippen molar-refractivity contribution in [2.45, 2.75) is 26.5 Å². The number of hydrogen-bond donors (Lipinski definition) is 0. The van der Waals surface area contributed by atoms with Crippen LogP contribution in [0.25, 0.3) is 0 Å². The normalized spacial score (nSPS) is 10.7. The lowest BCUT2D eigenvalue weighted by Gasteiger charge is -2.14. The van der Waals surface area contributed by atoms with Crippen molar-refractivity contribution in [1.29, 1.82) is 0 Å². The lowest BCUT2D eigenvalue weighted by atomic mass is 10.1. The van der Waals surface area contributed by atoms with Crippen LogP contribution >= 0.6 is 0 Å². The Morgan fingerprint density at radius 3 is 2.84 bits per heavy atom. The lowest BCUT2D eigenvalue weighted by molar-refractivity contribution is -0.384. The molecule has 1 aromatic carbocycles. The van der Waals surface area contributed by atoms with Crippen LogP contribution in [0.3, 0.4) is 0 Å². The molecule has 0 amide bonds. The fourth-order valence-electron chi connectivity index (χ4n) is 1.66. The Bertz CT molecular complexity index is 566. The quantitative estimate of drug-likeness (QED) is 0.608. The van der Waals surface area contributed by atoms with Crippen LogP contribution in [0.2, 0.25) is 0 Å². The van der Waals surface area contributed by atoms with Crippen molar-refractivity contribution in [3.8, 4) is 5.75 Å². The van der Waals surface area contributed by atoms with Gasteiger partial charge in [0.15, 0.2) is 0 Å². The highest BCUT2D eigenvalue weighted by molar-refractivity contribution is 5.44. The summed E-state index contributed by atoms with van der Waals surface area (Å²) in [5.74, 6) is 0.621. The summed E-state index contributed by atoms with van der Waals surface area (Å²) >= 11 is 0. The first-order valence-corrected chi connectivity index (χ1v) is 5.82. The van der Waals surface area contributed by atoms with E-state index in [2.05, 4.69) is 10.1 Å². The second-order valence-electron chi connectivity index (χ2n) is 4.31. The van der Waals surface area contributed by atoms with Crippen molar-refractivity contribution in [1.82, 2.24) is 14.8 Å². The van der Waals surface area contributed by atoms with Gasteiger partial charge >= 0.3 is 0 Å². The van der Waals surface area contributed by atoms with Crippen LogP contribution in [-0.2, 0) is 6.54 Å². The Kier molecular flexibility index (Phi) is 3.74. The minimum atomic E-state index is -0.427. The first-order valence-electron chi connectivity index (χ1n) is 5.82. The predicted molar refractivity (Wildman–Crippen MR) is 68.0 cm³/mol. The maximum absolute atomic E-state index is 10.8. The number of aromatic nitrogens is 3. The third kappa shape index (κ3) is 3.27. The number of non-ortho nitro benzene ring substituents is 1. The molecule has 0 bridgehead atoms. The second-order valence-corrected chi connectivity index (χ2v) is 4.31. The third-order valence-electron chi connectivity index (χ3n) is 2.42. The van der Waals surface area contributed by atoms with Crippen LogP contribution in [-0.4, -0.2) is 25.8 Å². The maximum Gasteiger partial charge on any atom is 0.270 e. The summed E-state index contributed by atoms with van der Waals surface area (Å²) in [6.07, 6.45) is 2.97. The average Bonchev–Trinajstić information content (AvgIpc) is 2.83. The van der Waals surface area contributed by atoms with Crippen LogP contribution < -0.4 is 4.74 Å². The summed E-state index contributed by atoms with van der Waals surface area (Å²) in [5, 5.41) is 14.8. The van der Waals surface area contributed by atoms with E-state index < -0.39 is 4.92 Å². The van der Waals surface area contributed by atoms with E-state index in [0.29, 0.717) is 17.9 Å². The van der Waals surface area contributed by atoms with Gasteiger partial charge in [-0.05, 0) is 19.9 Å².